The van der Waals surface area contributed by atoms with Crippen molar-refractivity contribution < 1.29 is 5.11 Å². The van der Waals surface area contributed by atoms with Crippen LogP contribution in [-0.2, 0) is 0 Å². The van der Waals surface area contributed by atoms with Crippen LogP contribution in [0, 0.1) is 12.8 Å². The SMILES string of the molecule is Cc1nc(NN)cc(NC2CCCC2CO)n1. The van der Waals surface area contributed by atoms with E-state index in [9.17, 15) is 5.11 Å². The van der Waals surface area contributed by atoms with Gasteiger partial charge in [-0.3, -0.25) is 0 Å². The van der Waals surface area contributed by atoms with Gasteiger partial charge in [-0.15, -0.1) is 0 Å². The molecule has 1 aliphatic carbocycles. The third-order valence-electron chi connectivity index (χ3n) is 3.21. The van der Waals surface area contributed by atoms with Gasteiger partial charge in [0.05, 0.1) is 0 Å². The number of aromatic nitrogens is 2. The van der Waals surface area contributed by atoms with Crippen LogP contribution in [0.4, 0.5) is 11.6 Å². The maximum atomic E-state index is 9.26. The number of nitrogens with one attached hydrogen (secondary N) is 2. The third kappa shape index (κ3) is 2.83. The molecule has 94 valence electrons. The second-order valence-electron chi connectivity index (χ2n) is 4.45. The number of aliphatic hydroxyl groups excluding tert-OH is 1. The van der Waals surface area contributed by atoms with Crippen LogP contribution >= 0.6 is 0 Å². The molecule has 0 spiro atoms. The molecular formula is C11H19N5O. The van der Waals surface area contributed by atoms with Crippen molar-refractivity contribution in [3.8, 4) is 0 Å². The average molecular weight is 237 g/mol. The van der Waals surface area contributed by atoms with Gasteiger partial charge >= 0.3 is 0 Å². The Labute approximate surface area is 101 Å². The van der Waals surface area contributed by atoms with Gasteiger partial charge in [-0.25, -0.2) is 15.8 Å². The minimum atomic E-state index is 0.226. The van der Waals surface area contributed by atoms with Crippen LogP contribution in [0.2, 0.25) is 0 Å². The lowest BCUT2D eigenvalue weighted by Gasteiger charge is -2.20. The van der Waals surface area contributed by atoms with E-state index in [2.05, 4.69) is 20.7 Å². The topological polar surface area (TPSA) is 96.1 Å². The number of hydrogen-bond acceptors (Lipinski definition) is 6. The third-order valence-corrected chi connectivity index (χ3v) is 3.21. The van der Waals surface area contributed by atoms with Crippen LogP contribution < -0.4 is 16.6 Å². The van der Waals surface area contributed by atoms with E-state index in [0.717, 1.165) is 25.1 Å². The number of hydrogen-bond donors (Lipinski definition) is 4. The van der Waals surface area contributed by atoms with E-state index in [1.165, 1.54) is 0 Å². The molecule has 1 saturated carbocycles. The molecule has 2 rings (SSSR count). The molecule has 1 fully saturated rings. The molecule has 2 unspecified atom stereocenters. The zero-order valence-electron chi connectivity index (χ0n) is 9.98. The number of nitrogens with two attached hydrogens (primary N) is 1. The van der Waals surface area contributed by atoms with Crippen molar-refractivity contribution in [1.82, 2.24) is 9.97 Å². The van der Waals surface area contributed by atoms with Crippen molar-refractivity contribution in [2.24, 2.45) is 11.8 Å². The summed E-state index contributed by atoms with van der Waals surface area (Å²) in [7, 11) is 0. The smallest absolute Gasteiger partial charge is 0.145 e. The van der Waals surface area contributed by atoms with Gasteiger partial charge in [-0.05, 0) is 19.8 Å². The predicted molar refractivity (Wildman–Crippen MR) is 66.4 cm³/mol. The molecule has 6 nitrogen and oxygen atoms in total. The van der Waals surface area contributed by atoms with Crippen molar-refractivity contribution in [2.45, 2.75) is 32.2 Å². The van der Waals surface area contributed by atoms with Crippen LogP contribution in [0.5, 0.6) is 0 Å². The molecule has 0 radical (unpaired) electrons. The Kier molecular flexibility index (Phi) is 3.75. The van der Waals surface area contributed by atoms with Gasteiger partial charge in [0.2, 0.25) is 0 Å². The van der Waals surface area contributed by atoms with E-state index < -0.39 is 0 Å². The molecule has 0 bridgehead atoms. The lowest BCUT2D eigenvalue weighted by Crippen LogP contribution is -2.27. The van der Waals surface area contributed by atoms with Crippen molar-refractivity contribution in [1.29, 1.82) is 0 Å². The molecule has 6 heteroatoms. The normalized spacial score (nSPS) is 23.7. The summed E-state index contributed by atoms with van der Waals surface area (Å²) in [6, 6.07) is 2.07. The Morgan fingerprint density at radius 3 is 2.88 bits per heavy atom. The molecule has 0 aromatic carbocycles. The first-order valence-electron chi connectivity index (χ1n) is 5.92. The second-order valence-corrected chi connectivity index (χ2v) is 4.45. The molecule has 0 amide bonds. The Hall–Kier alpha value is -1.40. The van der Waals surface area contributed by atoms with Crippen molar-refractivity contribution in [2.75, 3.05) is 17.3 Å². The quantitative estimate of drug-likeness (QED) is 0.453. The number of anilines is 2. The molecule has 0 aliphatic heterocycles. The van der Waals surface area contributed by atoms with Crippen LogP contribution in [0.1, 0.15) is 25.1 Å². The molecule has 0 saturated heterocycles. The van der Waals surface area contributed by atoms with E-state index in [1.807, 2.05) is 6.92 Å². The molecule has 2 atom stereocenters. The van der Waals surface area contributed by atoms with E-state index in [0.29, 0.717) is 23.6 Å². The van der Waals surface area contributed by atoms with Crippen LogP contribution in [0.3, 0.4) is 0 Å². The number of nitrogens with zero attached hydrogens (tertiary/aromatic N) is 2. The monoisotopic (exact) mass is 237 g/mol. The standard InChI is InChI=1S/C11H19N5O/c1-7-13-10(5-11(14-7)16-12)15-9-4-2-3-8(9)6-17/h5,8-9,17H,2-4,6,12H2,1H3,(H2,13,14,15,16). The van der Waals surface area contributed by atoms with Crippen LogP contribution in [-0.4, -0.2) is 27.7 Å². The minimum Gasteiger partial charge on any atom is -0.396 e. The molecule has 5 N–H and O–H groups in total. The number of nitrogen functional groups attached to an aromatic ring is 1. The average Bonchev–Trinajstić information content (AvgIpc) is 2.75. The summed E-state index contributed by atoms with van der Waals surface area (Å²) >= 11 is 0. The molecule has 17 heavy (non-hydrogen) atoms. The fourth-order valence-electron chi connectivity index (χ4n) is 2.35. The molecule has 1 heterocycles. The molecule has 1 aromatic rings. The zero-order valence-corrected chi connectivity index (χ0v) is 9.98. The number of hydrazine groups is 1. The summed E-state index contributed by atoms with van der Waals surface area (Å²) in [5.74, 6) is 7.68. The van der Waals surface area contributed by atoms with Gasteiger partial charge < -0.3 is 15.8 Å². The van der Waals surface area contributed by atoms with Crippen molar-refractivity contribution in [3.05, 3.63) is 11.9 Å². The minimum absolute atomic E-state index is 0.226. The molecule has 1 aromatic heterocycles. The summed E-state index contributed by atoms with van der Waals surface area (Å²) in [6.45, 7) is 2.05. The summed E-state index contributed by atoms with van der Waals surface area (Å²) in [6.07, 6.45) is 3.29. The summed E-state index contributed by atoms with van der Waals surface area (Å²) in [5, 5.41) is 12.6. The molecule has 1 aliphatic rings. The molecular weight excluding hydrogens is 218 g/mol. The highest BCUT2D eigenvalue weighted by atomic mass is 16.3. The predicted octanol–water partition coefficient (Wildman–Crippen LogP) is 0.644. The fourth-order valence-corrected chi connectivity index (χ4v) is 2.35. The highest BCUT2D eigenvalue weighted by Gasteiger charge is 2.26. The zero-order chi connectivity index (χ0) is 12.3. The number of aliphatic hydroxyl groups is 1. The highest BCUT2D eigenvalue weighted by molar-refractivity contribution is 5.47. The van der Waals surface area contributed by atoms with Crippen LogP contribution in [0.15, 0.2) is 6.07 Å². The number of aryl methyl sites for hydroxylation is 1. The Bertz CT molecular complexity index is 384. The largest absolute Gasteiger partial charge is 0.396 e. The lowest BCUT2D eigenvalue weighted by molar-refractivity contribution is 0.222. The first-order valence-corrected chi connectivity index (χ1v) is 5.92. The van der Waals surface area contributed by atoms with Gasteiger partial charge in [0.25, 0.3) is 0 Å². The maximum Gasteiger partial charge on any atom is 0.145 e. The van der Waals surface area contributed by atoms with E-state index in [4.69, 9.17) is 5.84 Å². The Morgan fingerprint density at radius 1 is 1.41 bits per heavy atom. The van der Waals surface area contributed by atoms with Crippen molar-refractivity contribution >= 4 is 11.6 Å². The highest BCUT2D eigenvalue weighted by Crippen LogP contribution is 2.28. The maximum absolute atomic E-state index is 9.26. The van der Waals surface area contributed by atoms with Gasteiger partial charge in [0.15, 0.2) is 0 Å². The lowest BCUT2D eigenvalue weighted by atomic mass is 10.1. The van der Waals surface area contributed by atoms with Gasteiger partial charge in [0, 0.05) is 24.6 Å². The van der Waals surface area contributed by atoms with Crippen molar-refractivity contribution in [3.63, 3.8) is 0 Å². The summed E-state index contributed by atoms with van der Waals surface area (Å²) in [5.41, 5.74) is 2.52. The van der Waals surface area contributed by atoms with E-state index >= 15 is 0 Å². The van der Waals surface area contributed by atoms with E-state index in [-0.39, 0.29) is 6.61 Å². The Balaban J connectivity index is 2.09. The fraction of sp³-hybridized carbons (Fsp3) is 0.636. The van der Waals surface area contributed by atoms with E-state index in [1.54, 1.807) is 6.07 Å². The van der Waals surface area contributed by atoms with Gasteiger partial charge in [0.1, 0.15) is 17.5 Å². The van der Waals surface area contributed by atoms with Gasteiger partial charge in [-0.2, -0.15) is 0 Å². The summed E-state index contributed by atoms with van der Waals surface area (Å²) < 4.78 is 0. The summed E-state index contributed by atoms with van der Waals surface area (Å²) in [4.78, 5) is 8.44. The Morgan fingerprint density at radius 2 is 2.18 bits per heavy atom. The van der Waals surface area contributed by atoms with Crippen LogP contribution in [0.25, 0.3) is 0 Å². The second kappa shape index (κ2) is 5.29. The first kappa shape index (κ1) is 12.1. The first-order chi connectivity index (χ1) is 8.22. The van der Waals surface area contributed by atoms with Gasteiger partial charge in [-0.1, -0.05) is 6.42 Å². The number of rotatable bonds is 4.